The van der Waals surface area contributed by atoms with Gasteiger partial charge in [-0.1, -0.05) is 97.1 Å². The van der Waals surface area contributed by atoms with E-state index in [9.17, 15) is 0 Å². The molecule has 0 saturated carbocycles. The van der Waals surface area contributed by atoms with Crippen LogP contribution in [0.15, 0.2) is 109 Å². The van der Waals surface area contributed by atoms with Crippen molar-refractivity contribution in [2.24, 2.45) is 0 Å². The molecule has 0 N–H and O–H groups in total. The van der Waals surface area contributed by atoms with Gasteiger partial charge in [0.2, 0.25) is 0 Å². The summed E-state index contributed by atoms with van der Waals surface area (Å²) in [5, 5.41) is 2.44. The number of rotatable bonds is 3. The molecule has 140 valence electrons. The summed E-state index contributed by atoms with van der Waals surface area (Å²) in [4.78, 5) is 0. The Kier molecular flexibility index (Phi) is 4.29. The molecule has 0 radical (unpaired) electrons. The van der Waals surface area contributed by atoms with E-state index < -0.39 is 5.60 Å². The highest BCUT2D eigenvalue weighted by molar-refractivity contribution is 5.94. The van der Waals surface area contributed by atoms with Crippen LogP contribution in [0, 0.1) is 0 Å². The van der Waals surface area contributed by atoms with Crippen LogP contribution >= 0.6 is 0 Å². The van der Waals surface area contributed by atoms with Gasteiger partial charge >= 0.3 is 0 Å². The molecular weight excluding hydrogens is 352 g/mol. The predicted molar refractivity (Wildman–Crippen MR) is 122 cm³/mol. The first kappa shape index (κ1) is 17.5. The van der Waals surface area contributed by atoms with E-state index in [4.69, 9.17) is 4.74 Å². The molecular formula is C28H22O. The van der Waals surface area contributed by atoms with Gasteiger partial charge in [0.15, 0.2) is 5.60 Å². The lowest BCUT2D eigenvalue weighted by molar-refractivity contribution is 0.158. The second-order valence-corrected chi connectivity index (χ2v) is 7.47. The van der Waals surface area contributed by atoms with E-state index in [1.165, 1.54) is 16.3 Å². The molecule has 1 atom stereocenters. The van der Waals surface area contributed by atoms with Crippen molar-refractivity contribution in [3.05, 3.63) is 125 Å². The van der Waals surface area contributed by atoms with Crippen LogP contribution in [-0.4, -0.2) is 0 Å². The molecule has 0 spiro atoms. The van der Waals surface area contributed by atoms with Gasteiger partial charge in [0.25, 0.3) is 0 Å². The molecule has 0 aromatic heterocycles. The first-order valence-corrected chi connectivity index (χ1v) is 9.96. The molecule has 1 aliphatic heterocycles. The van der Waals surface area contributed by atoms with E-state index in [2.05, 4.69) is 110 Å². The van der Waals surface area contributed by atoms with Gasteiger partial charge in [-0.2, -0.15) is 0 Å². The zero-order chi connectivity index (χ0) is 19.7. The van der Waals surface area contributed by atoms with E-state index >= 15 is 0 Å². The highest BCUT2D eigenvalue weighted by atomic mass is 16.5. The molecule has 0 aliphatic carbocycles. The van der Waals surface area contributed by atoms with Crippen molar-refractivity contribution in [1.29, 1.82) is 0 Å². The second-order valence-electron chi connectivity index (χ2n) is 7.47. The van der Waals surface area contributed by atoms with Crippen molar-refractivity contribution in [2.75, 3.05) is 0 Å². The Morgan fingerprint density at radius 2 is 1.45 bits per heavy atom. The van der Waals surface area contributed by atoms with Crippen LogP contribution in [0.2, 0.25) is 0 Å². The topological polar surface area (TPSA) is 9.23 Å². The minimum atomic E-state index is -0.632. The van der Waals surface area contributed by atoms with E-state index in [1.54, 1.807) is 0 Å². The van der Waals surface area contributed by atoms with E-state index in [0.717, 1.165) is 22.4 Å². The Morgan fingerprint density at radius 3 is 2.24 bits per heavy atom. The molecule has 0 fully saturated rings. The van der Waals surface area contributed by atoms with Gasteiger partial charge in [-0.15, -0.1) is 0 Å². The predicted octanol–water partition coefficient (Wildman–Crippen LogP) is 7.24. The Labute approximate surface area is 171 Å². The van der Waals surface area contributed by atoms with Crippen molar-refractivity contribution in [3.8, 4) is 5.75 Å². The molecule has 1 heterocycles. The molecule has 4 aromatic carbocycles. The highest BCUT2D eigenvalue weighted by Gasteiger charge is 2.37. The van der Waals surface area contributed by atoms with Crippen molar-refractivity contribution in [2.45, 2.75) is 12.5 Å². The molecule has 5 rings (SSSR count). The first-order valence-electron chi connectivity index (χ1n) is 9.96. The van der Waals surface area contributed by atoms with Gasteiger partial charge in [0, 0.05) is 11.1 Å². The van der Waals surface area contributed by atoms with Crippen LogP contribution in [0.5, 0.6) is 5.75 Å². The Balaban J connectivity index is 1.69. The normalized spacial score (nSPS) is 18.3. The van der Waals surface area contributed by atoms with Gasteiger partial charge in [0.1, 0.15) is 5.75 Å². The number of hydrogen-bond donors (Lipinski definition) is 0. The third-order valence-electron chi connectivity index (χ3n) is 5.66. The van der Waals surface area contributed by atoms with Crippen molar-refractivity contribution >= 4 is 22.9 Å². The van der Waals surface area contributed by atoms with Crippen LogP contribution < -0.4 is 4.74 Å². The van der Waals surface area contributed by atoms with Crippen LogP contribution in [0.25, 0.3) is 22.9 Å². The quantitative estimate of drug-likeness (QED) is 0.367. The summed E-state index contributed by atoms with van der Waals surface area (Å²) in [6, 6.07) is 33.5. The molecule has 0 bridgehead atoms. The summed E-state index contributed by atoms with van der Waals surface area (Å²) in [7, 11) is 0. The highest BCUT2D eigenvalue weighted by Crippen LogP contribution is 2.44. The summed E-state index contributed by atoms with van der Waals surface area (Å²) >= 11 is 0. The van der Waals surface area contributed by atoms with Crippen LogP contribution in [0.1, 0.15) is 23.6 Å². The zero-order valence-corrected chi connectivity index (χ0v) is 16.4. The summed E-state index contributed by atoms with van der Waals surface area (Å²) in [5.41, 5.74) is 3.94. The Hall–Kier alpha value is -3.58. The fourth-order valence-electron chi connectivity index (χ4n) is 4.13. The van der Waals surface area contributed by atoms with Crippen molar-refractivity contribution < 1.29 is 4.74 Å². The molecule has 4 aromatic rings. The van der Waals surface area contributed by atoms with Crippen LogP contribution in [0.4, 0.5) is 0 Å². The lowest BCUT2D eigenvalue weighted by Gasteiger charge is -2.37. The molecule has 1 heteroatoms. The number of fused-ring (bicyclic) bond motifs is 3. The third kappa shape index (κ3) is 3.05. The van der Waals surface area contributed by atoms with Crippen LogP contribution in [0.3, 0.4) is 0 Å². The van der Waals surface area contributed by atoms with Crippen molar-refractivity contribution in [3.63, 3.8) is 0 Å². The minimum absolute atomic E-state index is 0.632. The molecule has 0 saturated heterocycles. The fraction of sp³-hybridized carbons (Fsp3) is 0.0714. The maximum Gasteiger partial charge on any atom is 0.174 e. The monoisotopic (exact) mass is 374 g/mol. The van der Waals surface area contributed by atoms with Gasteiger partial charge in [-0.25, -0.2) is 0 Å². The lowest BCUT2D eigenvalue weighted by atomic mass is 9.82. The van der Waals surface area contributed by atoms with E-state index in [1.807, 2.05) is 12.1 Å². The van der Waals surface area contributed by atoms with Crippen LogP contribution in [-0.2, 0) is 5.60 Å². The summed E-state index contributed by atoms with van der Waals surface area (Å²) < 4.78 is 6.79. The average Bonchev–Trinajstić information content (AvgIpc) is 2.79. The fourth-order valence-corrected chi connectivity index (χ4v) is 4.13. The Morgan fingerprint density at radius 1 is 0.759 bits per heavy atom. The Bertz CT molecular complexity index is 1220. The molecule has 0 amide bonds. The maximum absolute atomic E-state index is 6.79. The van der Waals surface area contributed by atoms with E-state index in [-0.39, 0.29) is 0 Å². The lowest BCUT2D eigenvalue weighted by Crippen LogP contribution is -2.34. The second kappa shape index (κ2) is 7.10. The largest absolute Gasteiger partial charge is 0.473 e. The standard InChI is InChI=1S/C28H22O/c1-21(20-22-10-4-2-5-11-22)28(24-13-6-3-7-14-24)19-18-26-25-15-9-8-12-23(25)16-17-27(26)29-28/h2-20H,1H3. The number of hydrogen-bond acceptors (Lipinski definition) is 1. The molecule has 1 nitrogen and oxygen atoms in total. The minimum Gasteiger partial charge on any atom is -0.473 e. The first-order chi connectivity index (χ1) is 14.3. The van der Waals surface area contributed by atoms with Gasteiger partial charge in [0.05, 0.1) is 0 Å². The third-order valence-corrected chi connectivity index (χ3v) is 5.66. The molecule has 1 aliphatic rings. The SMILES string of the molecule is CC(=Cc1ccccc1)C1(c2ccccc2)C=Cc2c(ccc3ccccc23)O1. The van der Waals surface area contributed by atoms with Gasteiger partial charge < -0.3 is 4.74 Å². The number of benzene rings is 4. The summed E-state index contributed by atoms with van der Waals surface area (Å²) in [6.45, 7) is 2.15. The maximum atomic E-state index is 6.79. The smallest absolute Gasteiger partial charge is 0.174 e. The van der Waals surface area contributed by atoms with Gasteiger partial charge in [-0.3, -0.25) is 0 Å². The summed E-state index contributed by atoms with van der Waals surface area (Å²) in [5.74, 6) is 0.913. The average molecular weight is 374 g/mol. The van der Waals surface area contributed by atoms with E-state index in [0.29, 0.717) is 0 Å². The number of ether oxygens (including phenoxy) is 1. The summed E-state index contributed by atoms with van der Waals surface area (Å²) in [6.07, 6.45) is 6.63. The van der Waals surface area contributed by atoms with Crippen molar-refractivity contribution in [1.82, 2.24) is 0 Å². The molecule has 29 heavy (non-hydrogen) atoms. The molecule has 1 unspecified atom stereocenters. The zero-order valence-electron chi connectivity index (χ0n) is 16.4. The van der Waals surface area contributed by atoms with Gasteiger partial charge in [-0.05, 0) is 47.1 Å².